The van der Waals surface area contributed by atoms with Gasteiger partial charge in [-0.25, -0.2) is 0 Å². The molecule has 0 radical (unpaired) electrons. The van der Waals surface area contributed by atoms with Crippen molar-refractivity contribution in [3.63, 3.8) is 0 Å². The molecule has 0 aliphatic carbocycles. The van der Waals surface area contributed by atoms with Crippen LogP contribution in [0, 0.1) is 13.8 Å². The monoisotopic (exact) mass is 418 g/mol. The lowest BCUT2D eigenvalue weighted by atomic mass is 10.1. The van der Waals surface area contributed by atoms with Crippen LogP contribution in [0.3, 0.4) is 0 Å². The molecule has 1 amide bonds. The van der Waals surface area contributed by atoms with Crippen molar-refractivity contribution in [1.29, 1.82) is 0 Å². The molecule has 3 rings (SSSR count). The van der Waals surface area contributed by atoms with Crippen molar-refractivity contribution in [1.82, 2.24) is 4.57 Å². The van der Waals surface area contributed by atoms with E-state index >= 15 is 0 Å². The Balaban J connectivity index is 1.97. The van der Waals surface area contributed by atoms with Crippen LogP contribution in [0.15, 0.2) is 42.5 Å². The molecule has 0 aliphatic rings. The van der Waals surface area contributed by atoms with Crippen LogP contribution in [0.25, 0.3) is 5.69 Å². The van der Waals surface area contributed by atoms with Crippen LogP contribution in [0.4, 0.5) is 5.69 Å². The maximum Gasteiger partial charge on any atom is 0.257 e. The molecule has 0 aliphatic heterocycles. The van der Waals surface area contributed by atoms with Crippen molar-refractivity contribution in [2.75, 3.05) is 19.5 Å². The minimum atomic E-state index is -0.372. The summed E-state index contributed by atoms with van der Waals surface area (Å²) >= 11 is 12.6. The number of aromatic nitrogens is 1. The number of anilines is 1. The van der Waals surface area contributed by atoms with Gasteiger partial charge in [-0.2, -0.15) is 0 Å². The van der Waals surface area contributed by atoms with Crippen LogP contribution in [-0.4, -0.2) is 24.7 Å². The topological polar surface area (TPSA) is 52.5 Å². The Bertz CT molecular complexity index is 1020. The first-order valence-electron chi connectivity index (χ1n) is 8.53. The van der Waals surface area contributed by atoms with Crippen LogP contribution >= 0.6 is 23.2 Å². The highest BCUT2D eigenvalue weighted by atomic mass is 35.5. The lowest BCUT2D eigenvalue weighted by Crippen LogP contribution is -2.14. The fourth-order valence-electron chi connectivity index (χ4n) is 3.04. The van der Waals surface area contributed by atoms with E-state index in [2.05, 4.69) is 9.88 Å². The molecule has 146 valence electrons. The van der Waals surface area contributed by atoms with Crippen LogP contribution in [0.1, 0.15) is 21.7 Å². The van der Waals surface area contributed by atoms with Gasteiger partial charge in [-0.1, -0.05) is 23.2 Å². The lowest BCUT2D eigenvalue weighted by Gasteiger charge is -2.15. The van der Waals surface area contributed by atoms with Crippen molar-refractivity contribution in [3.05, 3.63) is 69.5 Å². The average Bonchev–Trinajstić information content (AvgIpc) is 3.01. The summed E-state index contributed by atoms with van der Waals surface area (Å²) in [5.41, 5.74) is 3.73. The van der Waals surface area contributed by atoms with Gasteiger partial charge in [0.1, 0.15) is 0 Å². The molecule has 0 unspecified atom stereocenters. The van der Waals surface area contributed by atoms with Crippen LogP contribution in [-0.2, 0) is 0 Å². The summed E-state index contributed by atoms with van der Waals surface area (Å²) in [5, 5.41) is 3.47. The summed E-state index contributed by atoms with van der Waals surface area (Å²) in [6.45, 7) is 4.01. The van der Waals surface area contributed by atoms with E-state index in [9.17, 15) is 4.79 Å². The summed E-state index contributed by atoms with van der Waals surface area (Å²) in [6.07, 6.45) is 0. The van der Waals surface area contributed by atoms with E-state index in [1.54, 1.807) is 24.3 Å². The number of rotatable bonds is 5. The van der Waals surface area contributed by atoms with E-state index in [0.717, 1.165) is 17.1 Å². The largest absolute Gasteiger partial charge is 0.493 e. The number of amides is 1. The van der Waals surface area contributed by atoms with E-state index in [0.29, 0.717) is 32.8 Å². The number of carbonyl (C=O) groups is 1. The van der Waals surface area contributed by atoms with Crippen molar-refractivity contribution in [3.8, 4) is 17.2 Å². The van der Waals surface area contributed by atoms with Crippen molar-refractivity contribution < 1.29 is 14.3 Å². The summed E-state index contributed by atoms with van der Waals surface area (Å²) < 4.78 is 12.5. The number of halogens is 2. The number of hydrogen-bond donors (Lipinski definition) is 1. The second-order valence-corrected chi connectivity index (χ2v) is 7.07. The Morgan fingerprint density at radius 3 is 2.11 bits per heavy atom. The zero-order chi connectivity index (χ0) is 20.4. The maximum atomic E-state index is 12.9. The minimum Gasteiger partial charge on any atom is -0.493 e. The molecule has 0 fully saturated rings. The van der Waals surface area contributed by atoms with E-state index in [4.69, 9.17) is 32.7 Å². The average molecular weight is 419 g/mol. The first kappa shape index (κ1) is 20.1. The highest BCUT2D eigenvalue weighted by molar-refractivity contribution is 6.36. The van der Waals surface area contributed by atoms with E-state index in [-0.39, 0.29) is 5.91 Å². The van der Waals surface area contributed by atoms with E-state index in [1.807, 2.05) is 32.0 Å². The Kier molecular flexibility index (Phi) is 5.87. The third-order valence-electron chi connectivity index (χ3n) is 4.45. The second-order valence-electron chi connectivity index (χ2n) is 6.26. The van der Waals surface area contributed by atoms with Gasteiger partial charge in [0.25, 0.3) is 5.91 Å². The number of aryl methyl sites for hydroxylation is 2. The number of nitrogens with zero attached hydrogens (tertiary/aromatic N) is 1. The molecule has 28 heavy (non-hydrogen) atoms. The number of hydrogen-bond acceptors (Lipinski definition) is 3. The van der Waals surface area contributed by atoms with Crippen LogP contribution < -0.4 is 14.8 Å². The molecular formula is C21H20Cl2N2O3. The highest BCUT2D eigenvalue weighted by Crippen LogP contribution is 2.36. The molecule has 1 N–H and O–H groups in total. The summed E-state index contributed by atoms with van der Waals surface area (Å²) in [7, 11) is 3.03. The smallest absolute Gasteiger partial charge is 0.257 e. The van der Waals surface area contributed by atoms with Crippen LogP contribution in [0.5, 0.6) is 11.5 Å². The van der Waals surface area contributed by atoms with E-state index in [1.165, 1.54) is 14.2 Å². The zero-order valence-electron chi connectivity index (χ0n) is 16.0. The molecule has 7 heteroatoms. The Labute approximate surface area is 173 Å². The van der Waals surface area contributed by atoms with Crippen molar-refractivity contribution in [2.24, 2.45) is 0 Å². The van der Waals surface area contributed by atoms with Gasteiger partial charge < -0.3 is 19.4 Å². The van der Waals surface area contributed by atoms with Gasteiger partial charge >= 0.3 is 0 Å². The predicted molar refractivity (Wildman–Crippen MR) is 113 cm³/mol. The Morgan fingerprint density at radius 2 is 1.50 bits per heavy atom. The standard InChI is InChI=1S/C21H20Cl2N2O3/c1-12-5-6-13(2)25(12)14-7-8-16(22)15(9-14)21(26)24-18-11-20(28-4)19(27-3)10-17(18)23/h5-11H,1-4H3,(H,24,26). The van der Waals surface area contributed by atoms with Gasteiger partial charge in [0.05, 0.1) is 35.5 Å². The minimum absolute atomic E-state index is 0.329. The molecule has 2 aromatic carbocycles. The fourth-order valence-corrected chi connectivity index (χ4v) is 3.45. The highest BCUT2D eigenvalue weighted by Gasteiger charge is 2.17. The summed E-state index contributed by atoms with van der Waals surface area (Å²) in [5.74, 6) is 0.563. The molecule has 0 saturated heterocycles. The van der Waals surface area contributed by atoms with Crippen molar-refractivity contribution >= 4 is 34.8 Å². The summed E-state index contributed by atoms with van der Waals surface area (Å²) in [4.78, 5) is 12.9. The third kappa shape index (κ3) is 3.81. The first-order chi connectivity index (χ1) is 13.3. The maximum absolute atomic E-state index is 12.9. The van der Waals surface area contributed by atoms with Crippen LogP contribution in [0.2, 0.25) is 10.0 Å². The lowest BCUT2D eigenvalue weighted by molar-refractivity contribution is 0.102. The molecule has 0 bridgehead atoms. The van der Waals surface area contributed by atoms with Crippen molar-refractivity contribution in [2.45, 2.75) is 13.8 Å². The molecular weight excluding hydrogens is 399 g/mol. The molecule has 1 aromatic heterocycles. The molecule has 5 nitrogen and oxygen atoms in total. The van der Waals surface area contributed by atoms with Gasteiger partial charge in [0.15, 0.2) is 11.5 Å². The molecule has 1 heterocycles. The number of ether oxygens (including phenoxy) is 2. The van der Waals surface area contributed by atoms with Gasteiger partial charge in [0.2, 0.25) is 0 Å². The summed E-state index contributed by atoms with van der Waals surface area (Å²) in [6, 6.07) is 12.6. The molecule has 0 atom stereocenters. The fraction of sp³-hybridized carbons (Fsp3) is 0.190. The normalized spacial score (nSPS) is 10.6. The number of carbonyl (C=O) groups excluding carboxylic acids is 1. The van der Waals surface area contributed by atoms with Gasteiger partial charge in [-0.05, 0) is 44.2 Å². The molecule has 0 saturated carbocycles. The van der Waals surface area contributed by atoms with Gasteiger partial charge in [-0.3, -0.25) is 4.79 Å². The second kappa shape index (κ2) is 8.17. The third-order valence-corrected chi connectivity index (χ3v) is 5.09. The SMILES string of the molecule is COc1cc(Cl)c(NC(=O)c2cc(-n3c(C)ccc3C)ccc2Cl)cc1OC. The quantitative estimate of drug-likeness (QED) is 0.580. The van der Waals surface area contributed by atoms with Gasteiger partial charge in [-0.15, -0.1) is 0 Å². The molecule has 3 aromatic rings. The predicted octanol–water partition coefficient (Wildman–Crippen LogP) is 5.67. The van der Waals surface area contributed by atoms with Gasteiger partial charge in [0, 0.05) is 29.2 Å². The van der Waals surface area contributed by atoms with E-state index < -0.39 is 0 Å². The Hall–Kier alpha value is -2.63. The number of methoxy groups -OCH3 is 2. The first-order valence-corrected chi connectivity index (χ1v) is 9.29. The zero-order valence-corrected chi connectivity index (χ0v) is 17.5. The number of nitrogens with one attached hydrogen (secondary N) is 1. The number of benzene rings is 2. The molecule has 0 spiro atoms. The Morgan fingerprint density at radius 1 is 0.893 bits per heavy atom.